The first kappa shape index (κ1) is 15.0. The van der Waals surface area contributed by atoms with E-state index in [2.05, 4.69) is 37.8 Å². The van der Waals surface area contributed by atoms with Gasteiger partial charge in [-0.2, -0.15) is 0 Å². The average molecular weight is 250 g/mol. The van der Waals surface area contributed by atoms with Gasteiger partial charge in [0.2, 0.25) is 0 Å². The molecule has 18 heavy (non-hydrogen) atoms. The van der Waals surface area contributed by atoms with Gasteiger partial charge < -0.3 is 10.5 Å². The van der Waals surface area contributed by atoms with E-state index in [0.717, 1.165) is 12.3 Å². The summed E-state index contributed by atoms with van der Waals surface area (Å²) in [6.07, 6.45) is 0. The molecule has 0 radical (unpaired) electrons. The first-order valence-corrected chi connectivity index (χ1v) is 6.82. The van der Waals surface area contributed by atoms with Gasteiger partial charge in [0, 0.05) is 18.6 Å². The van der Waals surface area contributed by atoms with Crippen molar-refractivity contribution in [3.63, 3.8) is 0 Å². The predicted molar refractivity (Wildman–Crippen MR) is 76.9 cm³/mol. The Morgan fingerprint density at radius 3 is 2.50 bits per heavy atom. The van der Waals surface area contributed by atoms with Gasteiger partial charge in [-0.15, -0.1) is 0 Å². The largest absolute Gasteiger partial charge is 0.494 e. The fraction of sp³-hybridized carbons (Fsp3) is 0.600. The van der Waals surface area contributed by atoms with E-state index in [1.807, 2.05) is 19.1 Å². The van der Waals surface area contributed by atoms with E-state index in [9.17, 15) is 0 Å². The molecule has 1 unspecified atom stereocenters. The summed E-state index contributed by atoms with van der Waals surface area (Å²) < 4.78 is 5.56. The molecule has 102 valence electrons. The van der Waals surface area contributed by atoms with E-state index in [-0.39, 0.29) is 6.04 Å². The minimum atomic E-state index is 0.260. The van der Waals surface area contributed by atoms with Crippen LogP contribution in [0.15, 0.2) is 24.3 Å². The second kappa shape index (κ2) is 7.39. The van der Waals surface area contributed by atoms with Crippen LogP contribution in [-0.2, 0) is 0 Å². The topological polar surface area (TPSA) is 38.5 Å². The molecule has 2 N–H and O–H groups in total. The molecule has 0 heterocycles. The third kappa shape index (κ3) is 3.72. The highest BCUT2D eigenvalue weighted by atomic mass is 16.5. The maximum Gasteiger partial charge on any atom is 0.119 e. The van der Waals surface area contributed by atoms with Crippen molar-refractivity contribution in [2.24, 2.45) is 5.73 Å². The summed E-state index contributed by atoms with van der Waals surface area (Å²) in [6.45, 7) is 10.9. The Bertz CT molecular complexity index is 352. The van der Waals surface area contributed by atoms with Gasteiger partial charge >= 0.3 is 0 Å². The number of benzene rings is 1. The molecule has 1 rings (SSSR count). The van der Waals surface area contributed by atoms with Crippen molar-refractivity contribution in [3.05, 3.63) is 29.8 Å². The van der Waals surface area contributed by atoms with E-state index in [1.54, 1.807) is 0 Å². The zero-order valence-electron chi connectivity index (χ0n) is 12.0. The highest BCUT2D eigenvalue weighted by molar-refractivity contribution is 5.31. The lowest BCUT2D eigenvalue weighted by Crippen LogP contribution is -2.38. The fourth-order valence-electron chi connectivity index (χ4n) is 2.39. The Hall–Kier alpha value is -1.06. The van der Waals surface area contributed by atoms with Crippen LogP contribution in [0, 0.1) is 0 Å². The Morgan fingerprint density at radius 1 is 1.28 bits per heavy atom. The van der Waals surface area contributed by atoms with Gasteiger partial charge in [0.15, 0.2) is 0 Å². The monoisotopic (exact) mass is 250 g/mol. The van der Waals surface area contributed by atoms with Crippen molar-refractivity contribution in [1.29, 1.82) is 0 Å². The van der Waals surface area contributed by atoms with E-state index >= 15 is 0 Å². The molecular formula is C15H26N2O. The minimum Gasteiger partial charge on any atom is -0.494 e. The van der Waals surface area contributed by atoms with E-state index in [4.69, 9.17) is 10.5 Å². The molecule has 0 amide bonds. The SMILES string of the molecule is CCOc1cccc(C(CN)N(CC)C(C)C)c1. The molecule has 1 atom stereocenters. The molecule has 0 aliphatic heterocycles. The Balaban J connectivity index is 2.96. The number of hydrogen-bond donors (Lipinski definition) is 1. The van der Waals surface area contributed by atoms with Gasteiger partial charge in [-0.25, -0.2) is 0 Å². The van der Waals surface area contributed by atoms with Gasteiger partial charge in [0.25, 0.3) is 0 Å². The van der Waals surface area contributed by atoms with Crippen LogP contribution in [-0.4, -0.2) is 30.6 Å². The Labute approximate surface area is 111 Å². The van der Waals surface area contributed by atoms with Crippen LogP contribution in [0.4, 0.5) is 0 Å². The van der Waals surface area contributed by atoms with Crippen LogP contribution >= 0.6 is 0 Å². The van der Waals surface area contributed by atoms with Crippen LogP contribution in [0.2, 0.25) is 0 Å². The molecule has 1 aromatic rings. The quantitative estimate of drug-likeness (QED) is 0.808. The van der Waals surface area contributed by atoms with Gasteiger partial charge in [-0.1, -0.05) is 19.1 Å². The lowest BCUT2D eigenvalue weighted by atomic mass is 10.0. The van der Waals surface area contributed by atoms with Gasteiger partial charge in [-0.3, -0.25) is 4.90 Å². The molecule has 3 nitrogen and oxygen atoms in total. The van der Waals surface area contributed by atoms with Crippen molar-refractivity contribution in [1.82, 2.24) is 4.90 Å². The number of likely N-dealkylation sites (N-methyl/N-ethyl adjacent to an activating group) is 1. The Kier molecular flexibility index (Phi) is 6.16. The first-order valence-electron chi connectivity index (χ1n) is 6.82. The van der Waals surface area contributed by atoms with Crippen molar-refractivity contribution in [3.8, 4) is 5.75 Å². The van der Waals surface area contributed by atoms with Gasteiger partial charge in [0.05, 0.1) is 6.61 Å². The zero-order chi connectivity index (χ0) is 13.5. The lowest BCUT2D eigenvalue weighted by molar-refractivity contribution is 0.166. The number of nitrogens with zero attached hydrogens (tertiary/aromatic N) is 1. The molecule has 0 spiro atoms. The number of hydrogen-bond acceptors (Lipinski definition) is 3. The maximum atomic E-state index is 5.96. The van der Waals surface area contributed by atoms with E-state index in [0.29, 0.717) is 19.2 Å². The smallest absolute Gasteiger partial charge is 0.119 e. The standard InChI is InChI=1S/C15H26N2O/c1-5-17(12(3)4)15(11-16)13-8-7-9-14(10-13)18-6-2/h7-10,12,15H,5-6,11,16H2,1-4H3. The van der Waals surface area contributed by atoms with Crippen LogP contribution in [0.25, 0.3) is 0 Å². The van der Waals surface area contributed by atoms with Crippen LogP contribution < -0.4 is 10.5 Å². The summed E-state index contributed by atoms with van der Waals surface area (Å²) in [5, 5.41) is 0. The molecular weight excluding hydrogens is 224 g/mol. The second-order valence-electron chi connectivity index (χ2n) is 4.68. The molecule has 0 aliphatic carbocycles. The Morgan fingerprint density at radius 2 is 2.00 bits per heavy atom. The van der Waals surface area contributed by atoms with Crippen molar-refractivity contribution in [2.75, 3.05) is 19.7 Å². The summed E-state index contributed by atoms with van der Waals surface area (Å²) in [5.74, 6) is 0.924. The predicted octanol–water partition coefficient (Wildman–Crippen LogP) is 2.82. The first-order chi connectivity index (χ1) is 8.63. The molecule has 0 saturated carbocycles. The third-order valence-corrected chi connectivity index (χ3v) is 3.21. The van der Waals surface area contributed by atoms with E-state index < -0.39 is 0 Å². The third-order valence-electron chi connectivity index (χ3n) is 3.21. The summed E-state index contributed by atoms with van der Waals surface area (Å²) in [4.78, 5) is 2.41. The highest BCUT2D eigenvalue weighted by Gasteiger charge is 2.20. The van der Waals surface area contributed by atoms with Crippen LogP contribution in [0.1, 0.15) is 39.3 Å². The molecule has 0 aliphatic rings. The summed E-state index contributed by atoms with van der Waals surface area (Å²) in [7, 11) is 0. The summed E-state index contributed by atoms with van der Waals surface area (Å²) in [6, 6.07) is 9.01. The molecule has 0 aromatic heterocycles. The average Bonchev–Trinajstić information content (AvgIpc) is 2.36. The molecule has 3 heteroatoms. The second-order valence-corrected chi connectivity index (χ2v) is 4.68. The lowest BCUT2D eigenvalue weighted by Gasteiger charge is -2.33. The normalized spacial score (nSPS) is 13.1. The number of nitrogens with two attached hydrogens (primary N) is 1. The zero-order valence-corrected chi connectivity index (χ0v) is 12.0. The number of rotatable bonds is 7. The van der Waals surface area contributed by atoms with Crippen molar-refractivity contribution >= 4 is 0 Å². The van der Waals surface area contributed by atoms with Crippen LogP contribution in [0.3, 0.4) is 0 Å². The van der Waals surface area contributed by atoms with Gasteiger partial charge in [0.1, 0.15) is 5.75 Å². The summed E-state index contributed by atoms with van der Waals surface area (Å²) >= 11 is 0. The fourth-order valence-corrected chi connectivity index (χ4v) is 2.39. The highest BCUT2D eigenvalue weighted by Crippen LogP contribution is 2.25. The molecule has 0 fully saturated rings. The summed E-state index contributed by atoms with van der Waals surface area (Å²) in [5.41, 5.74) is 7.20. The van der Waals surface area contributed by atoms with E-state index in [1.165, 1.54) is 5.56 Å². The van der Waals surface area contributed by atoms with Crippen molar-refractivity contribution in [2.45, 2.75) is 39.8 Å². The number of ether oxygens (including phenoxy) is 1. The molecule has 0 bridgehead atoms. The minimum absolute atomic E-state index is 0.260. The van der Waals surface area contributed by atoms with Crippen LogP contribution in [0.5, 0.6) is 5.75 Å². The maximum absolute atomic E-state index is 5.96. The molecule has 1 aromatic carbocycles. The van der Waals surface area contributed by atoms with Gasteiger partial charge in [-0.05, 0) is 45.0 Å². The van der Waals surface area contributed by atoms with Crippen molar-refractivity contribution < 1.29 is 4.74 Å². The molecule has 0 saturated heterocycles.